The lowest BCUT2D eigenvalue weighted by molar-refractivity contribution is 0.0519. The SMILES string of the molecule is [C-]#[N+]c1c(C(=O)OCC)c2nc(C)nn2c1=C1Sc2c(OCC)c3c(c(OCC)c2S1)SC(=c1c(C#N)c(C(=O)OCC)c2nc(C)nn12)S3. The Balaban J connectivity index is 1.47. The third-order valence-corrected chi connectivity index (χ3v) is 12.6. The third-order valence-electron chi connectivity index (χ3n) is 7.41. The molecule has 0 radical (unpaired) electrons. The molecule has 0 unspecified atom stereocenters. The highest BCUT2D eigenvalue weighted by Gasteiger charge is 2.39. The van der Waals surface area contributed by atoms with Crippen LogP contribution in [0.1, 0.15) is 65.6 Å². The number of esters is 2. The number of aryl methyl sites for hydroxylation is 2. The zero-order valence-corrected chi connectivity index (χ0v) is 30.8. The van der Waals surface area contributed by atoms with Gasteiger partial charge in [0.2, 0.25) is 5.69 Å². The number of hydrogen-bond donors (Lipinski definition) is 0. The molecule has 0 amide bonds. The van der Waals surface area contributed by atoms with Crippen molar-refractivity contribution in [1.29, 1.82) is 5.26 Å². The number of nitrogens with zero attached hydrogens (tertiary/aromatic N) is 8. The van der Waals surface area contributed by atoms with Gasteiger partial charge in [-0.1, -0.05) is 47.0 Å². The van der Waals surface area contributed by atoms with E-state index in [1.54, 1.807) is 27.7 Å². The molecule has 0 fully saturated rings. The van der Waals surface area contributed by atoms with E-state index >= 15 is 0 Å². The van der Waals surface area contributed by atoms with Gasteiger partial charge in [0.25, 0.3) is 0 Å². The average molecular weight is 747 g/mol. The third kappa shape index (κ3) is 5.12. The fraction of sp³-hybridized carbons (Fsp3) is 0.312. The maximum absolute atomic E-state index is 13.1. The first kappa shape index (κ1) is 33.9. The first-order valence-electron chi connectivity index (χ1n) is 15.4. The van der Waals surface area contributed by atoms with Gasteiger partial charge >= 0.3 is 11.9 Å². The summed E-state index contributed by atoms with van der Waals surface area (Å²) >= 11 is 5.57. The predicted molar refractivity (Wildman–Crippen MR) is 188 cm³/mol. The van der Waals surface area contributed by atoms with Gasteiger partial charge in [-0.15, -0.1) is 0 Å². The smallest absolute Gasteiger partial charge is 0.343 e. The number of fused-ring (bicyclic) bond motifs is 4. The molecular weight excluding hydrogens is 721 g/mol. The fourth-order valence-electron chi connectivity index (χ4n) is 5.65. The fourth-order valence-corrected chi connectivity index (χ4v) is 11.2. The minimum atomic E-state index is -0.646. The Labute approximate surface area is 301 Å². The average Bonchev–Trinajstić information content (AvgIpc) is 3.92. The van der Waals surface area contributed by atoms with Crippen LogP contribution in [0.2, 0.25) is 0 Å². The molecule has 0 saturated heterocycles. The van der Waals surface area contributed by atoms with E-state index in [-0.39, 0.29) is 46.9 Å². The van der Waals surface area contributed by atoms with Crippen molar-refractivity contribution >= 4 is 84.4 Å². The van der Waals surface area contributed by atoms with Crippen molar-refractivity contribution in [2.75, 3.05) is 26.4 Å². The topological polar surface area (TPSA) is 160 Å². The van der Waals surface area contributed by atoms with Crippen molar-refractivity contribution in [2.45, 2.75) is 61.1 Å². The summed E-state index contributed by atoms with van der Waals surface area (Å²) in [5.41, 5.74) is 0.881. The van der Waals surface area contributed by atoms with E-state index < -0.39 is 11.9 Å². The summed E-state index contributed by atoms with van der Waals surface area (Å²) in [6.07, 6.45) is 0. The molecule has 7 rings (SSSR count). The number of aromatic nitrogens is 6. The zero-order chi connectivity index (χ0) is 35.4. The van der Waals surface area contributed by atoms with Gasteiger partial charge in [-0.2, -0.15) is 15.5 Å². The molecule has 50 heavy (non-hydrogen) atoms. The van der Waals surface area contributed by atoms with Crippen LogP contribution in [0, 0.1) is 31.8 Å². The number of hydrogen-bond acceptors (Lipinski definition) is 15. The maximum atomic E-state index is 13.1. The highest BCUT2D eigenvalue weighted by Crippen LogP contribution is 2.68. The molecule has 0 spiro atoms. The molecule has 5 aromatic rings. The summed E-state index contributed by atoms with van der Waals surface area (Å²) in [6.45, 7) is 19.7. The second-order valence-corrected chi connectivity index (χ2v) is 15.0. The zero-order valence-electron chi connectivity index (χ0n) is 27.5. The Morgan fingerprint density at radius 1 is 0.740 bits per heavy atom. The maximum Gasteiger partial charge on any atom is 0.343 e. The Kier molecular flexibility index (Phi) is 8.97. The van der Waals surface area contributed by atoms with Crippen molar-refractivity contribution in [3.63, 3.8) is 0 Å². The summed E-state index contributed by atoms with van der Waals surface area (Å²) in [6, 6.07) is 2.20. The summed E-state index contributed by atoms with van der Waals surface area (Å²) in [5, 5.41) is 20.3. The van der Waals surface area contributed by atoms with Crippen molar-refractivity contribution in [2.24, 2.45) is 0 Å². The first-order valence-corrected chi connectivity index (χ1v) is 18.7. The minimum absolute atomic E-state index is 0.0691. The van der Waals surface area contributed by atoms with Crippen LogP contribution in [0.15, 0.2) is 19.6 Å². The molecule has 0 aliphatic carbocycles. The molecule has 254 valence electrons. The van der Waals surface area contributed by atoms with Gasteiger partial charge in [0.1, 0.15) is 45.7 Å². The molecule has 0 saturated carbocycles. The van der Waals surface area contributed by atoms with Crippen LogP contribution >= 0.6 is 47.0 Å². The standard InChI is InChI=1S/C32H26N8O6S4/c1-8-43-21-23-24(48-31(47-23)19-15(12-33)16(29(41)45-10-3)27-35-13(5)37-39(19)27)22(44-9-2)26-25(21)49-32(50-26)20-18(34-7)17(30(42)46-11-4)28-36-14(6)38-40(20)28/h8-11H2,1-6H3. The lowest BCUT2D eigenvalue weighted by Gasteiger charge is -2.16. The lowest BCUT2D eigenvalue weighted by Crippen LogP contribution is -2.16. The van der Waals surface area contributed by atoms with E-state index in [2.05, 4.69) is 31.1 Å². The molecule has 0 N–H and O–H groups in total. The summed E-state index contributed by atoms with van der Waals surface area (Å²) in [4.78, 5) is 42.0. The van der Waals surface area contributed by atoms with Crippen molar-refractivity contribution in [3.8, 4) is 17.6 Å². The summed E-state index contributed by atoms with van der Waals surface area (Å²) in [5.74, 6) is 0.816. The second-order valence-electron chi connectivity index (χ2n) is 10.4. The number of thioether (sulfide) groups is 4. The van der Waals surface area contributed by atoms with E-state index in [0.29, 0.717) is 55.5 Å². The van der Waals surface area contributed by atoms with Crippen molar-refractivity contribution < 1.29 is 28.5 Å². The summed E-state index contributed by atoms with van der Waals surface area (Å²) < 4.78 is 27.8. The number of nitriles is 1. The van der Waals surface area contributed by atoms with Crippen molar-refractivity contribution in [3.05, 3.63) is 50.5 Å². The molecule has 2 aliphatic heterocycles. The van der Waals surface area contributed by atoms with E-state index in [0.717, 1.165) is 19.6 Å². The molecule has 2 aliphatic rings. The van der Waals surface area contributed by atoms with E-state index in [4.69, 9.17) is 25.5 Å². The Bertz CT molecular complexity index is 2280. The van der Waals surface area contributed by atoms with E-state index in [1.807, 2.05) is 13.8 Å². The number of rotatable bonds is 8. The largest absolute Gasteiger partial charge is 0.491 e. The summed E-state index contributed by atoms with van der Waals surface area (Å²) in [7, 11) is 0. The van der Waals surface area contributed by atoms with E-state index in [9.17, 15) is 14.9 Å². The van der Waals surface area contributed by atoms with Crippen LogP contribution in [0.3, 0.4) is 0 Å². The number of benzene rings is 1. The van der Waals surface area contributed by atoms with Gasteiger partial charge in [0, 0.05) is 0 Å². The molecule has 14 nitrogen and oxygen atoms in total. The number of carbonyl (C=O) groups excluding carboxylic acids is 2. The van der Waals surface area contributed by atoms with Crippen LogP contribution in [0.4, 0.5) is 5.69 Å². The second kappa shape index (κ2) is 13.3. The Morgan fingerprint density at radius 3 is 1.62 bits per heavy atom. The van der Waals surface area contributed by atoms with Crippen LogP contribution < -0.4 is 20.2 Å². The van der Waals surface area contributed by atoms with Crippen molar-refractivity contribution in [1.82, 2.24) is 29.2 Å². The van der Waals surface area contributed by atoms with Crippen LogP contribution in [-0.2, 0) is 9.47 Å². The van der Waals surface area contributed by atoms with Crippen LogP contribution in [-0.4, -0.2) is 67.6 Å². The quantitative estimate of drug-likeness (QED) is 0.148. The normalized spacial score (nSPS) is 13.4. The molecule has 4 aromatic heterocycles. The highest BCUT2D eigenvalue weighted by atomic mass is 32.2. The first-order chi connectivity index (χ1) is 24.2. The van der Waals surface area contributed by atoms with Gasteiger partial charge in [-0.25, -0.2) is 33.4 Å². The van der Waals surface area contributed by atoms with Crippen LogP contribution in [0.25, 0.3) is 24.6 Å². The van der Waals surface area contributed by atoms with E-state index in [1.165, 1.54) is 56.1 Å². The Hall–Kier alpha value is -4.62. The van der Waals surface area contributed by atoms with Crippen LogP contribution in [0.5, 0.6) is 11.5 Å². The molecule has 0 bridgehead atoms. The predicted octanol–water partition coefficient (Wildman–Crippen LogP) is 5.33. The monoisotopic (exact) mass is 746 g/mol. The van der Waals surface area contributed by atoms with Gasteiger partial charge < -0.3 is 18.9 Å². The molecular formula is C32H26N8O6S4. The number of ether oxygens (including phenoxy) is 4. The van der Waals surface area contributed by atoms with Gasteiger partial charge in [0.05, 0.1) is 72.0 Å². The van der Waals surface area contributed by atoms with Gasteiger partial charge in [-0.05, 0) is 41.5 Å². The number of carbonyl (C=O) groups is 2. The molecule has 1 aromatic carbocycles. The highest BCUT2D eigenvalue weighted by molar-refractivity contribution is 8.33. The Morgan fingerprint density at radius 2 is 1.18 bits per heavy atom. The molecule has 18 heteroatoms. The van der Waals surface area contributed by atoms with Gasteiger partial charge in [-0.3, -0.25) is 0 Å². The molecule has 6 heterocycles. The lowest BCUT2D eigenvalue weighted by atomic mass is 10.2. The minimum Gasteiger partial charge on any atom is -0.491 e. The van der Waals surface area contributed by atoms with Gasteiger partial charge in [0.15, 0.2) is 11.3 Å². The molecule has 0 atom stereocenters.